The van der Waals surface area contributed by atoms with E-state index in [1.165, 1.54) is 5.01 Å². The summed E-state index contributed by atoms with van der Waals surface area (Å²) < 4.78 is 0. The molecule has 5 rings (SSSR count). The van der Waals surface area contributed by atoms with Crippen LogP contribution in [0.5, 0.6) is 0 Å². The summed E-state index contributed by atoms with van der Waals surface area (Å²) in [4.78, 5) is 30.2. The Kier molecular flexibility index (Phi) is 7.41. The third kappa shape index (κ3) is 5.11. The zero-order chi connectivity index (χ0) is 27.2. The molecular weight excluding hydrogens is 486 g/mol. The second-order valence-corrected chi connectivity index (χ2v) is 9.18. The lowest BCUT2D eigenvalue weighted by atomic mass is 9.95. The van der Waals surface area contributed by atoms with Crippen molar-refractivity contribution in [1.29, 1.82) is 0 Å². The quantitative estimate of drug-likeness (QED) is 0.287. The average molecular weight is 518 g/mol. The van der Waals surface area contributed by atoms with Crippen LogP contribution in [0.15, 0.2) is 120 Å². The van der Waals surface area contributed by atoms with E-state index in [1.54, 1.807) is 24.3 Å². The second kappa shape index (κ2) is 11.2. The maximum atomic E-state index is 14.4. The topological polar surface area (TPSA) is 77.0 Å². The molecule has 1 heterocycles. The Morgan fingerprint density at radius 2 is 1.36 bits per heavy atom. The van der Waals surface area contributed by atoms with Gasteiger partial charge in [-0.2, -0.15) is 10.1 Å². The molecule has 0 bridgehead atoms. The highest BCUT2D eigenvalue weighted by Crippen LogP contribution is 2.32. The predicted molar refractivity (Wildman–Crippen MR) is 157 cm³/mol. The number of carbonyl (C=O) groups excluding carboxylic acids is 2. The van der Waals surface area contributed by atoms with E-state index in [1.807, 2.05) is 91.0 Å². The molecule has 196 valence electrons. The van der Waals surface area contributed by atoms with Crippen molar-refractivity contribution in [3.63, 3.8) is 0 Å². The van der Waals surface area contributed by atoms with Crippen molar-refractivity contribution >= 4 is 34.6 Å². The molecule has 1 atom stereocenters. The molecule has 1 unspecified atom stereocenters. The number of hydrogen-bond donors (Lipinski definition) is 2. The van der Waals surface area contributed by atoms with E-state index in [4.69, 9.17) is 5.10 Å². The molecule has 0 radical (unpaired) electrons. The van der Waals surface area contributed by atoms with Crippen LogP contribution in [-0.2, 0) is 4.79 Å². The fourth-order valence-corrected chi connectivity index (χ4v) is 4.74. The number of hydrogen-bond acceptors (Lipinski definition) is 5. The highest BCUT2D eigenvalue weighted by atomic mass is 16.2. The largest absolute Gasteiger partial charge is 0.372 e. The van der Waals surface area contributed by atoms with Gasteiger partial charge in [-0.1, -0.05) is 66.7 Å². The lowest BCUT2D eigenvalue weighted by Crippen LogP contribution is -2.65. The summed E-state index contributed by atoms with van der Waals surface area (Å²) in [5.41, 5.74) is 2.24. The third-order valence-corrected chi connectivity index (χ3v) is 6.78. The van der Waals surface area contributed by atoms with E-state index >= 15 is 0 Å². The summed E-state index contributed by atoms with van der Waals surface area (Å²) in [6, 6.07) is 35.4. The van der Waals surface area contributed by atoms with E-state index in [-0.39, 0.29) is 0 Å². The van der Waals surface area contributed by atoms with Crippen molar-refractivity contribution in [2.75, 3.05) is 28.3 Å². The number of amides is 2. The summed E-state index contributed by atoms with van der Waals surface area (Å²) in [6.07, 6.45) is 0. The summed E-state index contributed by atoms with van der Waals surface area (Å²) in [5.74, 6) is -0.806. The van der Waals surface area contributed by atoms with Crippen molar-refractivity contribution in [3.8, 4) is 0 Å². The van der Waals surface area contributed by atoms with Crippen LogP contribution in [0.3, 0.4) is 0 Å². The summed E-state index contributed by atoms with van der Waals surface area (Å²) in [7, 11) is 0. The first-order valence-electron chi connectivity index (χ1n) is 13.1. The van der Waals surface area contributed by atoms with Crippen molar-refractivity contribution in [3.05, 3.63) is 126 Å². The van der Waals surface area contributed by atoms with Gasteiger partial charge in [0.15, 0.2) is 0 Å². The van der Waals surface area contributed by atoms with E-state index in [0.29, 0.717) is 28.2 Å². The van der Waals surface area contributed by atoms with Crippen molar-refractivity contribution in [2.45, 2.75) is 19.5 Å². The molecule has 7 heteroatoms. The second-order valence-electron chi connectivity index (χ2n) is 9.18. The monoisotopic (exact) mass is 517 g/mol. The van der Waals surface area contributed by atoms with Gasteiger partial charge in [-0.25, -0.2) is 0 Å². The Labute approximate surface area is 228 Å². The van der Waals surface area contributed by atoms with Crippen molar-refractivity contribution in [1.82, 2.24) is 5.32 Å². The maximum absolute atomic E-state index is 14.4. The van der Waals surface area contributed by atoms with Crippen LogP contribution >= 0.6 is 0 Å². The lowest BCUT2D eigenvalue weighted by molar-refractivity contribution is -0.120. The first-order valence-corrected chi connectivity index (χ1v) is 13.1. The number of nitrogens with one attached hydrogen (secondary N) is 2. The van der Waals surface area contributed by atoms with Crippen LogP contribution in [0, 0.1) is 0 Å². The highest BCUT2D eigenvalue weighted by molar-refractivity contribution is 6.31. The Balaban J connectivity index is 1.63. The Morgan fingerprint density at radius 3 is 1.95 bits per heavy atom. The van der Waals surface area contributed by atoms with E-state index in [2.05, 4.69) is 29.4 Å². The van der Waals surface area contributed by atoms with Crippen LogP contribution in [0.1, 0.15) is 29.8 Å². The van der Waals surface area contributed by atoms with E-state index < -0.39 is 17.5 Å². The van der Waals surface area contributed by atoms with Crippen LogP contribution in [0.4, 0.5) is 17.1 Å². The molecule has 0 aliphatic carbocycles. The molecule has 0 aromatic heterocycles. The molecule has 0 saturated carbocycles. The molecule has 1 aliphatic heterocycles. The number of nitrogens with zero attached hydrogens (tertiary/aromatic N) is 3. The zero-order valence-corrected chi connectivity index (χ0v) is 22.0. The normalized spacial score (nSPS) is 16.5. The minimum Gasteiger partial charge on any atom is -0.372 e. The van der Waals surface area contributed by atoms with Gasteiger partial charge in [0.25, 0.3) is 5.91 Å². The molecule has 2 amide bonds. The van der Waals surface area contributed by atoms with Crippen molar-refractivity contribution in [2.24, 2.45) is 5.10 Å². The third-order valence-electron chi connectivity index (χ3n) is 6.78. The smallest absolute Gasteiger partial charge is 0.300 e. The molecule has 0 spiro atoms. The molecule has 0 fully saturated rings. The minimum absolute atomic E-state index is 0.394. The molecule has 0 saturated heterocycles. The number of carbonyl (C=O) groups is 2. The van der Waals surface area contributed by atoms with Gasteiger partial charge in [0.05, 0.1) is 5.69 Å². The van der Waals surface area contributed by atoms with E-state index in [0.717, 1.165) is 18.8 Å². The molecule has 1 aliphatic rings. The molecular formula is C32H31N5O2. The van der Waals surface area contributed by atoms with Gasteiger partial charge in [-0.05, 0) is 62.4 Å². The van der Waals surface area contributed by atoms with Crippen molar-refractivity contribution < 1.29 is 9.59 Å². The SMILES string of the molecule is CCN(CC)c1ccc(NC2(NC(=O)c3ccccc3)C(=O)N(c3ccccc3)N=C2c2ccccc2)cc1. The number of benzene rings is 4. The maximum Gasteiger partial charge on any atom is 0.300 e. The van der Waals surface area contributed by atoms with Crippen LogP contribution in [0.2, 0.25) is 0 Å². The first kappa shape index (κ1) is 25.7. The van der Waals surface area contributed by atoms with Gasteiger partial charge in [-0.15, -0.1) is 0 Å². The fourth-order valence-electron chi connectivity index (χ4n) is 4.74. The van der Waals surface area contributed by atoms with E-state index in [9.17, 15) is 9.59 Å². The molecule has 4 aromatic carbocycles. The first-order chi connectivity index (χ1) is 19.1. The van der Waals surface area contributed by atoms with Gasteiger partial charge >= 0.3 is 5.91 Å². The summed E-state index contributed by atoms with van der Waals surface area (Å²) >= 11 is 0. The number of anilines is 3. The van der Waals surface area contributed by atoms with Gasteiger partial charge in [0, 0.05) is 35.6 Å². The van der Waals surface area contributed by atoms with Gasteiger partial charge < -0.3 is 15.5 Å². The molecule has 39 heavy (non-hydrogen) atoms. The Bertz CT molecular complexity index is 1450. The Hall–Kier alpha value is -4.91. The van der Waals surface area contributed by atoms with Crippen LogP contribution in [0.25, 0.3) is 0 Å². The Morgan fingerprint density at radius 1 is 0.795 bits per heavy atom. The molecule has 4 aromatic rings. The van der Waals surface area contributed by atoms with Crippen LogP contribution in [-0.4, -0.2) is 36.3 Å². The van der Waals surface area contributed by atoms with Gasteiger partial charge in [-0.3, -0.25) is 9.59 Å². The highest BCUT2D eigenvalue weighted by Gasteiger charge is 2.54. The van der Waals surface area contributed by atoms with Gasteiger partial charge in [0.2, 0.25) is 5.66 Å². The lowest BCUT2D eigenvalue weighted by Gasteiger charge is -2.32. The summed E-state index contributed by atoms with van der Waals surface area (Å²) in [5, 5.41) is 12.6. The summed E-state index contributed by atoms with van der Waals surface area (Å²) in [6.45, 7) is 5.99. The number of para-hydroxylation sites is 1. The average Bonchev–Trinajstić information content (AvgIpc) is 3.27. The predicted octanol–water partition coefficient (Wildman–Crippen LogP) is 5.52. The number of rotatable bonds is 9. The molecule has 2 N–H and O–H groups in total. The standard InChI is InChI=1S/C32H31N5O2/c1-3-36(4-2)27-22-20-26(21-23-27)33-32(34-30(38)25-16-10-6-11-17-25)29(24-14-8-5-9-15-24)35-37(31(32)39)28-18-12-7-13-19-28/h5-23,33H,3-4H2,1-2H3,(H,34,38). The van der Waals surface area contributed by atoms with Crippen LogP contribution < -0.4 is 20.5 Å². The van der Waals surface area contributed by atoms with Gasteiger partial charge in [0.1, 0.15) is 5.71 Å². The number of hydrazone groups is 1. The fraction of sp³-hybridized carbons (Fsp3) is 0.156. The zero-order valence-electron chi connectivity index (χ0n) is 22.0. The minimum atomic E-state index is -1.67. The molecule has 7 nitrogen and oxygen atoms in total.